The number of phenols is 1. The van der Waals surface area contributed by atoms with Crippen molar-refractivity contribution in [2.75, 3.05) is 5.32 Å². The topological polar surface area (TPSA) is 88.0 Å². The van der Waals surface area contributed by atoms with Gasteiger partial charge in [-0.1, -0.05) is 11.6 Å². The van der Waals surface area contributed by atoms with Gasteiger partial charge in [-0.2, -0.15) is 5.10 Å². The Hall–Kier alpha value is -2.60. The van der Waals surface area contributed by atoms with Crippen LogP contribution in [0.2, 0.25) is 5.02 Å². The SMILES string of the molecule is Oc1ccc(-c2nc(Nc3cc(C4CC4)[nH]n3)c(Cl)c[nH+]2)cc1.[HH]. The molecule has 23 heavy (non-hydrogen) atoms. The molecule has 1 saturated carbocycles. The van der Waals surface area contributed by atoms with Crippen molar-refractivity contribution in [2.45, 2.75) is 18.8 Å². The van der Waals surface area contributed by atoms with Crippen molar-refractivity contribution in [3.8, 4) is 17.1 Å². The lowest BCUT2D eigenvalue weighted by molar-refractivity contribution is -0.368. The van der Waals surface area contributed by atoms with Gasteiger partial charge < -0.3 is 10.4 Å². The molecule has 4 rings (SSSR count). The Balaban J connectivity index is 0.00000169. The maximum absolute atomic E-state index is 9.37. The number of anilines is 2. The van der Waals surface area contributed by atoms with Crippen LogP contribution in [0, 0.1) is 0 Å². The number of nitrogens with zero attached hydrogens (tertiary/aromatic N) is 2. The second kappa shape index (κ2) is 5.55. The molecule has 0 atom stereocenters. The van der Waals surface area contributed by atoms with Crippen LogP contribution in [0.5, 0.6) is 5.75 Å². The molecule has 1 aliphatic carbocycles. The van der Waals surface area contributed by atoms with Gasteiger partial charge in [0.2, 0.25) is 0 Å². The summed E-state index contributed by atoms with van der Waals surface area (Å²) in [7, 11) is 0. The highest BCUT2D eigenvalue weighted by Crippen LogP contribution is 2.39. The molecule has 3 aromatic rings. The number of H-pyrrole nitrogens is 2. The molecule has 1 aliphatic rings. The molecule has 1 fully saturated rings. The summed E-state index contributed by atoms with van der Waals surface area (Å²) in [4.78, 5) is 7.54. The summed E-state index contributed by atoms with van der Waals surface area (Å²) >= 11 is 6.21. The van der Waals surface area contributed by atoms with Crippen LogP contribution in [-0.4, -0.2) is 20.3 Å². The summed E-state index contributed by atoms with van der Waals surface area (Å²) in [5.74, 6) is 2.70. The molecule has 4 N–H and O–H groups in total. The molecule has 0 radical (unpaired) electrons. The number of hydrogen-bond acceptors (Lipinski definition) is 4. The van der Waals surface area contributed by atoms with Crippen LogP contribution in [0.25, 0.3) is 11.4 Å². The minimum absolute atomic E-state index is 0. The predicted molar refractivity (Wildman–Crippen MR) is 88.9 cm³/mol. The van der Waals surface area contributed by atoms with Crippen LogP contribution in [0.1, 0.15) is 25.9 Å². The standard InChI is InChI=1S/C16H14ClN5O.H2/c17-12-8-18-15(10-3-5-11(23)6-4-10)20-16(12)19-14-7-13(21-22-14)9-1-2-9;/h3-9,23H,1-2H2,(H2,18,19,20,21,22);1H/p+1. The van der Waals surface area contributed by atoms with Gasteiger partial charge in [0, 0.05) is 19.1 Å². The summed E-state index contributed by atoms with van der Waals surface area (Å²) in [6.07, 6.45) is 4.10. The van der Waals surface area contributed by atoms with E-state index in [4.69, 9.17) is 11.6 Å². The molecule has 0 aliphatic heterocycles. The Bertz CT molecular complexity index is 848. The highest BCUT2D eigenvalue weighted by atomic mass is 35.5. The summed E-state index contributed by atoms with van der Waals surface area (Å²) in [5.41, 5.74) is 1.99. The molecule has 0 bridgehead atoms. The zero-order valence-electron chi connectivity index (χ0n) is 12.2. The molecular formula is C16H17ClN5O+. The van der Waals surface area contributed by atoms with E-state index < -0.39 is 0 Å². The molecule has 2 aromatic heterocycles. The fraction of sp³-hybridized carbons (Fsp3) is 0.188. The number of aromatic hydroxyl groups is 1. The van der Waals surface area contributed by atoms with Gasteiger partial charge in [0.1, 0.15) is 17.0 Å². The molecule has 0 saturated heterocycles. The number of hydrogen-bond donors (Lipinski definition) is 3. The number of rotatable bonds is 4. The molecule has 0 amide bonds. The van der Waals surface area contributed by atoms with Crippen LogP contribution >= 0.6 is 11.6 Å². The van der Waals surface area contributed by atoms with Gasteiger partial charge in [0.25, 0.3) is 5.82 Å². The van der Waals surface area contributed by atoms with Gasteiger partial charge in [-0.15, -0.1) is 0 Å². The maximum atomic E-state index is 9.37. The van der Waals surface area contributed by atoms with E-state index in [-0.39, 0.29) is 7.18 Å². The van der Waals surface area contributed by atoms with Gasteiger partial charge >= 0.3 is 5.82 Å². The number of aromatic nitrogens is 4. The molecule has 118 valence electrons. The molecule has 7 heteroatoms. The lowest BCUT2D eigenvalue weighted by Gasteiger charge is -2.00. The van der Waals surface area contributed by atoms with Gasteiger partial charge in [0.15, 0.2) is 5.82 Å². The van der Waals surface area contributed by atoms with Gasteiger partial charge in [0.05, 0.1) is 5.56 Å². The first-order valence-electron chi connectivity index (χ1n) is 7.39. The van der Waals surface area contributed by atoms with Crippen LogP contribution in [-0.2, 0) is 0 Å². The number of nitrogens with one attached hydrogen (secondary N) is 3. The Labute approximate surface area is 139 Å². The minimum Gasteiger partial charge on any atom is -0.508 e. The van der Waals surface area contributed by atoms with Crippen LogP contribution in [0.3, 0.4) is 0 Å². The lowest BCUT2D eigenvalue weighted by Crippen LogP contribution is -2.11. The van der Waals surface area contributed by atoms with Gasteiger partial charge in [-0.25, -0.2) is 4.98 Å². The molecular weight excluding hydrogens is 314 g/mol. The zero-order chi connectivity index (χ0) is 15.8. The number of halogens is 1. The Morgan fingerprint density at radius 1 is 1.30 bits per heavy atom. The highest BCUT2D eigenvalue weighted by molar-refractivity contribution is 6.32. The van der Waals surface area contributed by atoms with Gasteiger partial charge in [-0.3, -0.25) is 5.10 Å². The first kappa shape index (κ1) is 14.0. The fourth-order valence-electron chi connectivity index (χ4n) is 2.38. The molecule has 0 spiro atoms. The summed E-state index contributed by atoms with van der Waals surface area (Å²) in [6, 6.07) is 8.79. The normalized spacial score (nSPS) is 14.0. The van der Waals surface area contributed by atoms with Crippen molar-refractivity contribution in [1.82, 2.24) is 15.2 Å². The molecule has 6 nitrogen and oxygen atoms in total. The number of phenolic OH excluding ortho intramolecular Hbond substituents is 1. The lowest BCUT2D eigenvalue weighted by atomic mass is 10.2. The molecule has 2 heterocycles. The summed E-state index contributed by atoms with van der Waals surface area (Å²) in [6.45, 7) is 0. The fourth-order valence-corrected chi connectivity index (χ4v) is 2.52. The number of aromatic amines is 2. The Morgan fingerprint density at radius 2 is 2.09 bits per heavy atom. The van der Waals surface area contributed by atoms with Crippen LogP contribution in [0.15, 0.2) is 36.5 Å². The van der Waals surface area contributed by atoms with Crippen molar-refractivity contribution < 1.29 is 11.5 Å². The van der Waals surface area contributed by atoms with Gasteiger partial charge in [-0.05, 0) is 42.1 Å². The van der Waals surface area contributed by atoms with Crippen LogP contribution < -0.4 is 10.3 Å². The summed E-state index contributed by atoms with van der Waals surface area (Å²) in [5, 5.41) is 20.3. The van der Waals surface area contributed by atoms with Crippen molar-refractivity contribution in [1.29, 1.82) is 0 Å². The highest BCUT2D eigenvalue weighted by Gasteiger charge is 2.26. The van der Waals surface area contributed by atoms with E-state index in [2.05, 4.69) is 25.5 Å². The van der Waals surface area contributed by atoms with Crippen molar-refractivity contribution in [2.24, 2.45) is 0 Å². The second-order valence-corrected chi connectivity index (χ2v) is 6.01. The monoisotopic (exact) mass is 330 g/mol. The van der Waals surface area contributed by atoms with Crippen LogP contribution in [0.4, 0.5) is 11.6 Å². The first-order chi connectivity index (χ1) is 11.2. The van der Waals surface area contributed by atoms with E-state index in [9.17, 15) is 5.11 Å². The van der Waals surface area contributed by atoms with E-state index in [0.29, 0.717) is 28.4 Å². The van der Waals surface area contributed by atoms with Crippen molar-refractivity contribution in [3.05, 3.63) is 47.2 Å². The van der Waals surface area contributed by atoms with E-state index >= 15 is 0 Å². The second-order valence-electron chi connectivity index (χ2n) is 5.60. The van der Waals surface area contributed by atoms with E-state index in [1.54, 1.807) is 30.5 Å². The largest absolute Gasteiger partial charge is 0.508 e. The smallest absolute Gasteiger partial charge is 0.330 e. The van der Waals surface area contributed by atoms with E-state index in [1.807, 2.05) is 6.07 Å². The molecule has 0 unspecified atom stereocenters. The average molecular weight is 331 g/mol. The van der Waals surface area contributed by atoms with Crippen molar-refractivity contribution in [3.63, 3.8) is 0 Å². The Kier molecular flexibility index (Phi) is 3.38. The third kappa shape index (κ3) is 2.98. The quantitative estimate of drug-likeness (QED) is 0.683. The first-order valence-corrected chi connectivity index (χ1v) is 7.77. The Morgan fingerprint density at radius 3 is 2.83 bits per heavy atom. The predicted octanol–water partition coefficient (Wildman–Crippen LogP) is 3.51. The third-order valence-electron chi connectivity index (χ3n) is 3.79. The summed E-state index contributed by atoms with van der Waals surface area (Å²) < 4.78 is 0. The number of benzene rings is 1. The minimum atomic E-state index is 0. The third-order valence-corrected chi connectivity index (χ3v) is 4.08. The maximum Gasteiger partial charge on any atom is 0.330 e. The van der Waals surface area contributed by atoms with E-state index in [0.717, 1.165) is 11.3 Å². The van der Waals surface area contributed by atoms with Crippen molar-refractivity contribution >= 4 is 23.2 Å². The zero-order valence-corrected chi connectivity index (χ0v) is 12.9. The molecule has 1 aromatic carbocycles. The average Bonchev–Trinajstić information content (AvgIpc) is 3.30. The van der Waals surface area contributed by atoms with E-state index in [1.165, 1.54) is 12.8 Å².